The van der Waals surface area contributed by atoms with Crippen LogP contribution in [0.3, 0.4) is 0 Å². The molecule has 7 heteroatoms. The van der Waals surface area contributed by atoms with Crippen LogP contribution in [-0.4, -0.2) is 52.4 Å². The SMILES string of the molecule is O=C1CCCN1Cc1ccc(CNC(=O)N2C[C@@H]3CCC[C@@]3(C(=O)O)C2)cc1. The Kier molecular flexibility index (Phi) is 5.00. The number of hydrogen-bond acceptors (Lipinski definition) is 3. The number of benzene rings is 1. The van der Waals surface area contributed by atoms with Gasteiger partial charge in [0.15, 0.2) is 0 Å². The number of carboxylic acids is 1. The minimum Gasteiger partial charge on any atom is -0.481 e. The smallest absolute Gasteiger partial charge is 0.317 e. The van der Waals surface area contributed by atoms with E-state index in [4.69, 9.17) is 0 Å². The molecule has 0 aromatic heterocycles. The molecule has 0 bridgehead atoms. The summed E-state index contributed by atoms with van der Waals surface area (Å²) in [6.07, 6.45) is 4.06. The lowest BCUT2D eigenvalue weighted by molar-refractivity contribution is -0.149. The Labute approximate surface area is 164 Å². The molecule has 0 spiro atoms. The molecule has 2 atom stereocenters. The van der Waals surface area contributed by atoms with E-state index in [0.29, 0.717) is 39.0 Å². The van der Waals surface area contributed by atoms with Gasteiger partial charge in [0.25, 0.3) is 0 Å². The summed E-state index contributed by atoms with van der Waals surface area (Å²) in [5.74, 6) is -0.480. The van der Waals surface area contributed by atoms with Gasteiger partial charge in [0, 0.05) is 39.1 Å². The zero-order chi connectivity index (χ0) is 19.7. The van der Waals surface area contributed by atoms with Gasteiger partial charge in [0.2, 0.25) is 5.91 Å². The third-order valence-electron chi connectivity index (χ3n) is 6.60. The first-order valence-corrected chi connectivity index (χ1v) is 10.1. The van der Waals surface area contributed by atoms with Crippen LogP contribution in [0, 0.1) is 11.3 Å². The lowest BCUT2D eigenvalue weighted by atomic mass is 9.81. The molecule has 7 nitrogen and oxygen atoms in total. The van der Waals surface area contributed by atoms with Crippen molar-refractivity contribution in [3.63, 3.8) is 0 Å². The highest BCUT2D eigenvalue weighted by atomic mass is 16.4. The van der Waals surface area contributed by atoms with Crippen molar-refractivity contribution in [3.05, 3.63) is 35.4 Å². The molecular weight excluding hydrogens is 358 g/mol. The number of carbonyl (C=O) groups is 3. The van der Waals surface area contributed by atoms with Crippen molar-refractivity contribution < 1.29 is 19.5 Å². The van der Waals surface area contributed by atoms with Crippen LogP contribution in [0.4, 0.5) is 4.79 Å². The predicted octanol–water partition coefficient (Wildman–Crippen LogP) is 2.21. The summed E-state index contributed by atoms with van der Waals surface area (Å²) >= 11 is 0. The zero-order valence-electron chi connectivity index (χ0n) is 16.0. The second kappa shape index (κ2) is 7.45. The predicted molar refractivity (Wildman–Crippen MR) is 102 cm³/mol. The quantitative estimate of drug-likeness (QED) is 0.813. The summed E-state index contributed by atoms with van der Waals surface area (Å²) in [5.41, 5.74) is 1.32. The fourth-order valence-corrected chi connectivity index (χ4v) is 4.94. The van der Waals surface area contributed by atoms with Crippen molar-refractivity contribution in [3.8, 4) is 0 Å². The molecule has 3 aliphatic rings. The van der Waals surface area contributed by atoms with E-state index in [-0.39, 0.29) is 17.9 Å². The molecule has 0 unspecified atom stereocenters. The fraction of sp³-hybridized carbons (Fsp3) is 0.571. The zero-order valence-corrected chi connectivity index (χ0v) is 16.0. The van der Waals surface area contributed by atoms with Crippen LogP contribution in [0.2, 0.25) is 0 Å². The number of carboxylic acid groups (broad SMARTS) is 1. The van der Waals surface area contributed by atoms with Crippen LogP contribution in [0.1, 0.15) is 43.2 Å². The summed E-state index contributed by atoms with van der Waals surface area (Å²) in [6, 6.07) is 7.72. The molecule has 1 aliphatic carbocycles. The van der Waals surface area contributed by atoms with Gasteiger partial charge < -0.3 is 20.2 Å². The second-order valence-corrected chi connectivity index (χ2v) is 8.33. The first-order chi connectivity index (χ1) is 13.5. The lowest BCUT2D eigenvalue weighted by Crippen LogP contribution is -2.41. The number of fused-ring (bicyclic) bond motifs is 1. The molecule has 4 rings (SSSR count). The van der Waals surface area contributed by atoms with E-state index < -0.39 is 11.4 Å². The maximum atomic E-state index is 12.5. The van der Waals surface area contributed by atoms with Gasteiger partial charge >= 0.3 is 12.0 Å². The molecule has 1 saturated carbocycles. The number of carbonyl (C=O) groups excluding carboxylic acids is 2. The number of urea groups is 1. The van der Waals surface area contributed by atoms with Crippen molar-refractivity contribution in [2.24, 2.45) is 11.3 Å². The van der Waals surface area contributed by atoms with Gasteiger partial charge in [-0.2, -0.15) is 0 Å². The van der Waals surface area contributed by atoms with Crippen molar-refractivity contribution in [1.82, 2.24) is 15.1 Å². The first kappa shape index (κ1) is 18.8. The monoisotopic (exact) mass is 385 g/mol. The van der Waals surface area contributed by atoms with E-state index in [9.17, 15) is 19.5 Å². The Morgan fingerprint density at radius 2 is 1.93 bits per heavy atom. The minimum atomic E-state index is -0.766. The van der Waals surface area contributed by atoms with E-state index in [2.05, 4.69) is 5.32 Å². The second-order valence-electron chi connectivity index (χ2n) is 8.33. The molecule has 1 aromatic rings. The van der Waals surface area contributed by atoms with E-state index in [1.165, 1.54) is 0 Å². The van der Waals surface area contributed by atoms with Crippen LogP contribution in [0.15, 0.2) is 24.3 Å². The van der Waals surface area contributed by atoms with Crippen LogP contribution >= 0.6 is 0 Å². The minimum absolute atomic E-state index is 0.0725. The number of nitrogens with zero attached hydrogens (tertiary/aromatic N) is 2. The van der Waals surface area contributed by atoms with Crippen molar-refractivity contribution in [1.29, 1.82) is 0 Å². The van der Waals surface area contributed by atoms with Crippen molar-refractivity contribution in [2.75, 3.05) is 19.6 Å². The van der Waals surface area contributed by atoms with E-state index in [1.807, 2.05) is 29.2 Å². The molecule has 2 saturated heterocycles. The van der Waals surface area contributed by atoms with Gasteiger partial charge in [-0.15, -0.1) is 0 Å². The Bertz CT molecular complexity index is 778. The summed E-state index contributed by atoms with van der Waals surface area (Å²) in [7, 11) is 0. The number of likely N-dealkylation sites (tertiary alicyclic amines) is 2. The van der Waals surface area contributed by atoms with Crippen LogP contribution in [-0.2, 0) is 22.7 Å². The van der Waals surface area contributed by atoms with E-state index >= 15 is 0 Å². The van der Waals surface area contributed by atoms with Crippen LogP contribution in [0.5, 0.6) is 0 Å². The molecule has 2 N–H and O–H groups in total. The number of nitrogens with one attached hydrogen (secondary N) is 1. The molecule has 2 heterocycles. The average molecular weight is 385 g/mol. The molecule has 0 radical (unpaired) electrons. The normalized spacial score (nSPS) is 26.6. The number of amides is 3. The highest BCUT2D eigenvalue weighted by molar-refractivity contribution is 5.80. The van der Waals surface area contributed by atoms with Crippen molar-refractivity contribution in [2.45, 2.75) is 45.2 Å². The largest absolute Gasteiger partial charge is 0.481 e. The maximum Gasteiger partial charge on any atom is 0.317 e. The third kappa shape index (κ3) is 3.45. The molecule has 150 valence electrons. The Morgan fingerprint density at radius 1 is 1.18 bits per heavy atom. The lowest BCUT2D eigenvalue weighted by Gasteiger charge is -2.23. The fourth-order valence-electron chi connectivity index (χ4n) is 4.94. The maximum absolute atomic E-state index is 12.5. The number of rotatable bonds is 5. The Hall–Kier alpha value is -2.57. The number of hydrogen-bond donors (Lipinski definition) is 2. The highest BCUT2D eigenvalue weighted by Gasteiger charge is 2.55. The molecule has 3 amide bonds. The molecule has 3 fully saturated rings. The molecule has 28 heavy (non-hydrogen) atoms. The van der Waals surface area contributed by atoms with E-state index in [0.717, 1.165) is 36.9 Å². The van der Waals surface area contributed by atoms with Gasteiger partial charge in [-0.1, -0.05) is 30.7 Å². The number of aliphatic carboxylic acids is 1. The summed E-state index contributed by atoms with van der Waals surface area (Å²) < 4.78 is 0. The molecule has 1 aromatic carbocycles. The Balaban J connectivity index is 1.29. The van der Waals surface area contributed by atoms with Gasteiger partial charge in [-0.3, -0.25) is 9.59 Å². The highest BCUT2D eigenvalue weighted by Crippen LogP contribution is 2.48. The van der Waals surface area contributed by atoms with E-state index in [1.54, 1.807) is 4.90 Å². The van der Waals surface area contributed by atoms with Crippen LogP contribution in [0.25, 0.3) is 0 Å². The summed E-state index contributed by atoms with van der Waals surface area (Å²) in [5, 5.41) is 12.6. The third-order valence-corrected chi connectivity index (χ3v) is 6.60. The van der Waals surface area contributed by atoms with Gasteiger partial charge in [0.1, 0.15) is 0 Å². The molecule has 2 aliphatic heterocycles. The van der Waals surface area contributed by atoms with Crippen LogP contribution < -0.4 is 5.32 Å². The molecular formula is C21H27N3O4. The first-order valence-electron chi connectivity index (χ1n) is 10.1. The van der Waals surface area contributed by atoms with Crippen molar-refractivity contribution >= 4 is 17.9 Å². The van der Waals surface area contributed by atoms with Gasteiger partial charge in [-0.25, -0.2) is 4.79 Å². The topological polar surface area (TPSA) is 90.0 Å². The Morgan fingerprint density at radius 3 is 2.57 bits per heavy atom. The standard InChI is InChI=1S/C21H27N3O4/c25-18-4-2-10-23(18)12-16-7-5-15(6-8-16)11-22-20(28)24-13-17-3-1-9-21(17,14-24)19(26)27/h5-8,17H,1-4,9-14H2,(H,22,28)(H,26,27)/t17-,21+/m0/s1. The average Bonchev–Trinajstić information content (AvgIpc) is 3.36. The van der Waals surface area contributed by atoms with Gasteiger partial charge in [0.05, 0.1) is 5.41 Å². The van der Waals surface area contributed by atoms with Gasteiger partial charge in [-0.05, 0) is 36.3 Å². The summed E-state index contributed by atoms with van der Waals surface area (Å²) in [6.45, 7) is 2.70. The summed E-state index contributed by atoms with van der Waals surface area (Å²) in [4.78, 5) is 39.5.